The second-order valence-corrected chi connectivity index (χ2v) is 8.82. The van der Waals surface area contributed by atoms with E-state index in [0.29, 0.717) is 12.1 Å². The van der Waals surface area contributed by atoms with Crippen molar-refractivity contribution in [3.63, 3.8) is 0 Å². The van der Waals surface area contributed by atoms with Gasteiger partial charge in [0.25, 0.3) is 17.7 Å². The highest BCUT2D eigenvalue weighted by Crippen LogP contribution is 2.35. The van der Waals surface area contributed by atoms with Crippen LogP contribution in [0.5, 0.6) is 0 Å². The standard InChI is InChI=1S/C27H22N6O3/c34-23(17-31-25-24(28-30-31)26(35)32(27(25)36)20-14-8-3-9-15-20)33-22(19-12-6-2-7-13-19)16-21(29-33)18-10-4-1-5-11-18/h1-15,22,24-25H,16-17H2/t22-,24+,25-/m1/s1. The number of imide groups is 1. The maximum absolute atomic E-state index is 13.6. The first-order chi connectivity index (χ1) is 17.6. The fourth-order valence-corrected chi connectivity index (χ4v) is 4.88. The van der Waals surface area contributed by atoms with Gasteiger partial charge in [0.05, 0.1) is 17.4 Å². The maximum Gasteiger partial charge on any atom is 0.264 e. The van der Waals surface area contributed by atoms with E-state index in [-0.39, 0.29) is 18.5 Å². The number of rotatable bonds is 5. The van der Waals surface area contributed by atoms with Crippen molar-refractivity contribution in [2.75, 3.05) is 11.4 Å². The number of carbonyl (C=O) groups excluding carboxylic acids is 3. The summed E-state index contributed by atoms with van der Waals surface area (Å²) < 4.78 is 0. The molecule has 3 aromatic rings. The van der Waals surface area contributed by atoms with Gasteiger partial charge in [-0.2, -0.15) is 10.2 Å². The SMILES string of the molecule is O=C1[C@H]2N=NN(CC(=O)N3N=C(c4ccccc4)C[C@@H]3c3ccccc3)[C@H]2C(=O)N1c1ccccc1. The summed E-state index contributed by atoms with van der Waals surface area (Å²) in [7, 11) is 0. The van der Waals surface area contributed by atoms with E-state index in [1.165, 1.54) is 10.0 Å². The van der Waals surface area contributed by atoms with Gasteiger partial charge in [-0.3, -0.25) is 19.4 Å². The molecule has 1 saturated heterocycles. The van der Waals surface area contributed by atoms with Crippen molar-refractivity contribution in [1.29, 1.82) is 0 Å². The fourth-order valence-electron chi connectivity index (χ4n) is 4.88. The Kier molecular flexibility index (Phi) is 5.37. The van der Waals surface area contributed by atoms with Crippen LogP contribution in [0.1, 0.15) is 23.6 Å². The third-order valence-corrected chi connectivity index (χ3v) is 6.63. The van der Waals surface area contributed by atoms with Crippen molar-refractivity contribution in [1.82, 2.24) is 10.0 Å². The highest BCUT2D eigenvalue weighted by molar-refractivity contribution is 6.25. The van der Waals surface area contributed by atoms with Crippen LogP contribution in [0.3, 0.4) is 0 Å². The van der Waals surface area contributed by atoms with E-state index in [1.54, 1.807) is 24.3 Å². The van der Waals surface area contributed by atoms with Gasteiger partial charge in [0.1, 0.15) is 6.54 Å². The second-order valence-electron chi connectivity index (χ2n) is 8.82. The molecule has 0 spiro atoms. The molecular weight excluding hydrogens is 456 g/mol. The number of nitrogens with zero attached hydrogens (tertiary/aromatic N) is 6. The van der Waals surface area contributed by atoms with Crippen LogP contribution in [0.4, 0.5) is 5.69 Å². The number of anilines is 1. The Balaban J connectivity index is 1.26. The number of benzene rings is 3. The predicted molar refractivity (Wildman–Crippen MR) is 132 cm³/mol. The monoisotopic (exact) mass is 478 g/mol. The summed E-state index contributed by atoms with van der Waals surface area (Å²) in [4.78, 5) is 40.8. The first kappa shape index (κ1) is 21.8. The van der Waals surface area contributed by atoms with Crippen LogP contribution >= 0.6 is 0 Å². The Bertz CT molecular complexity index is 1380. The largest absolute Gasteiger partial charge is 0.271 e. The molecule has 0 aliphatic carbocycles. The van der Waals surface area contributed by atoms with E-state index >= 15 is 0 Å². The maximum atomic E-state index is 13.6. The van der Waals surface area contributed by atoms with Crippen LogP contribution in [0.15, 0.2) is 106 Å². The van der Waals surface area contributed by atoms with Crippen LogP contribution in [0, 0.1) is 0 Å². The number of hydrazone groups is 1. The predicted octanol–water partition coefficient (Wildman–Crippen LogP) is 3.36. The van der Waals surface area contributed by atoms with Crippen LogP contribution < -0.4 is 4.90 Å². The van der Waals surface area contributed by atoms with Crippen molar-refractivity contribution in [3.05, 3.63) is 102 Å². The molecule has 3 amide bonds. The first-order valence-electron chi connectivity index (χ1n) is 11.7. The first-order valence-corrected chi connectivity index (χ1v) is 11.7. The van der Waals surface area contributed by atoms with E-state index in [4.69, 9.17) is 0 Å². The zero-order valence-corrected chi connectivity index (χ0v) is 19.2. The molecule has 1 fully saturated rings. The molecule has 0 radical (unpaired) electrons. The third kappa shape index (κ3) is 3.65. The smallest absolute Gasteiger partial charge is 0.264 e. The zero-order chi connectivity index (χ0) is 24.6. The lowest BCUT2D eigenvalue weighted by atomic mass is 9.98. The number of para-hydroxylation sites is 1. The van der Waals surface area contributed by atoms with E-state index in [9.17, 15) is 14.4 Å². The summed E-state index contributed by atoms with van der Waals surface area (Å²) in [6, 6.07) is 26.0. The van der Waals surface area contributed by atoms with E-state index in [1.807, 2.05) is 66.7 Å². The Morgan fingerprint density at radius 3 is 2.17 bits per heavy atom. The highest BCUT2D eigenvalue weighted by atomic mass is 16.2. The molecule has 3 heterocycles. The number of hydrogen-bond acceptors (Lipinski definition) is 7. The molecule has 0 aromatic heterocycles. The molecule has 6 rings (SSSR count). The minimum atomic E-state index is -0.961. The lowest BCUT2D eigenvalue weighted by molar-refractivity contribution is -0.135. The van der Waals surface area contributed by atoms with Crippen molar-refractivity contribution in [3.8, 4) is 0 Å². The van der Waals surface area contributed by atoms with Crippen molar-refractivity contribution < 1.29 is 14.4 Å². The van der Waals surface area contributed by atoms with Gasteiger partial charge >= 0.3 is 0 Å². The Morgan fingerprint density at radius 1 is 0.833 bits per heavy atom. The molecule has 3 aliphatic rings. The van der Waals surface area contributed by atoms with Gasteiger partial charge in [-0.25, -0.2) is 9.91 Å². The molecule has 178 valence electrons. The third-order valence-electron chi connectivity index (χ3n) is 6.63. The minimum absolute atomic E-state index is 0.221. The Hall–Kier alpha value is -4.66. The van der Waals surface area contributed by atoms with Crippen LogP contribution in [-0.2, 0) is 14.4 Å². The molecule has 36 heavy (non-hydrogen) atoms. The van der Waals surface area contributed by atoms with E-state index < -0.39 is 23.9 Å². The van der Waals surface area contributed by atoms with Crippen molar-refractivity contribution in [2.45, 2.75) is 24.5 Å². The second kappa shape index (κ2) is 8.84. The molecule has 9 heteroatoms. The molecule has 0 saturated carbocycles. The Morgan fingerprint density at radius 2 is 1.47 bits per heavy atom. The quantitative estimate of drug-likeness (QED) is 0.525. The molecule has 0 bridgehead atoms. The molecule has 0 unspecified atom stereocenters. The fraction of sp³-hybridized carbons (Fsp3) is 0.185. The van der Waals surface area contributed by atoms with Crippen molar-refractivity contribution in [2.24, 2.45) is 15.4 Å². The molecule has 3 aliphatic heterocycles. The molecule has 9 nitrogen and oxygen atoms in total. The Labute approximate surface area is 207 Å². The zero-order valence-electron chi connectivity index (χ0n) is 19.2. The normalized spacial score (nSPS) is 22.8. The average Bonchev–Trinajstić information content (AvgIpc) is 3.61. The topological polar surface area (TPSA) is 98.0 Å². The number of fused-ring (bicyclic) bond motifs is 1. The molecule has 3 atom stereocenters. The van der Waals surface area contributed by atoms with E-state index in [0.717, 1.165) is 21.7 Å². The van der Waals surface area contributed by atoms with Gasteiger partial charge in [0.2, 0.25) is 0 Å². The molecule has 3 aromatic carbocycles. The summed E-state index contributed by atoms with van der Waals surface area (Å²) in [5, 5.41) is 15.5. The van der Waals surface area contributed by atoms with Gasteiger partial charge in [-0.15, -0.1) is 0 Å². The highest BCUT2D eigenvalue weighted by Gasteiger charge is 2.55. The summed E-state index contributed by atoms with van der Waals surface area (Å²) >= 11 is 0. The summed E-state index contributed by atoms with van der Waals surface area (Å²) in [5.41, 5.74) is 3.19. The van der Waals surface area contributed by atoms with Crippen LogP contribution in [0.25, 0.3) is 0 Å². The number of carbonyl (C=O) groups is 3. The van der Waals surface area contributed by atoms with Gasteiger partial charge in [-0.1, -0.05) is 84.1 Å². The van der Waals surface area contributed by atoms with Gasteiger partial charge in [-0.05, 0) is 23.3 Å². The lowest BCUT2D eigenvalue weighted by Gasteiger charge is -2.25. The summed E-state index contributed by atoms with van der Waals surface area (Å²) in [5.74, 6) is -1.21. The summed E-state index contributed by atoms with van der Waals surface area (Å²) in [6.45, 7) is -0.221. The van der Waals surface area contributed by atoms with Gasteiger partial charge < -0.3 is 0 Å². The average molecular weight is 479 g/mol. The summed E-state index contributed by atoms with van der Waals surface area (Å²) in [6.07, 6.45) is 0.562. The van der Waals surface area contributed by atoms with E-state index in [2.05, 4.69) is 15.4 Å². The molecule has 0 N–H and O–H groups in total. The van der Waals surface area contributed by atoms with Crippen LogP contribution in [-0.4, -0.2) is 52.1 Å². The van der Waals surface area contributed by atoms with Gasteiger partial charge in [0.15, 0.2) is 12.1 Å². The van der Waals surface area contributed by atoms with Gasteiger partial charge in [0, 0.05) is 6.42 Å². The number of hydrogen-bond donors (Lipinski definition) is 0. The van der Waals surface area contributed by atoms with Crippen molar-refractivity contribution >= 4 is 29.1 Å². The van der Waals surface area contributed by atoms with Crippen LogP contribution in [0.2, 0.25) is 0 Å². The molecular formula is C27H22N6O3. The number of amides is 3. The lowest BCUT2D eigenvalue weighted by Crippen LogP contribution is -2.44. The minimum Gasteiger partial charge on any atom is -0.271 e.